The lowest BCUT2D eigenvalue weighted by molar-refractivity contribution is -0.384. The Labute approximate surface area is 124 Å². The van der Waals surface area contributed by atoms with Gasteiger partial charge in [0.1, 0.15) is 5.69 Å². The largest absolute Gasteiger partial charge is 0.493 e. The number of nitrogens with zero attached hydrogens (tertiary/aromatic N) is 1. The number of hydrogen-bond donors (Lipinski definition) is 2. The van der Waals surface area contributed by atoms with E-state index in [4.69, 9.17) is 15.2 Å². The van der Waals surface area contributed by atoms with Crippen LogP contribution in [-0.2, 0) is 0 Å². The van der Waals surface area contributed by atoms with Gasteiger partial charge in [0, 0.05) is 18.7 Å². The maximum atomic E-state index is 11.2. The summed E-state index contributed by atoms with van der Waals surface area (Å²) in [5.74, 6) is 1.19. The molecule has 0 radical (unpaired) electrons. The Kier molecular flexibility index (Phi) is 6.23. The summed E-state index contributed by atoms with van der Waals surface area (Å²) in [4.78, 5) is 10.8. The Bertz CT molecular complexity index is 491. The van der Waals surface area contributed by atoms with Crippen LogP contribution in [0.1, 0.15) is 20.3 Å². The minimum atomic E-state index is -0.451. The Morgan fingerprint density at radius 3 is 2.29 bits per heavy atom. The van der Waals surface area contributed by atoms with Crippen LogP contribution in [0.15, 0.2) is 12.1 Å². The lowest BCUT2D eigenvalue weighted by atomic mass is 10.0. The molecule has 1 unspecified atom stereocenters. The van der Waals surface area contributed by atoms with Gasteiger partial charge in [0.2, 0.25) is 0 Å². The topological polar surface area (TPSA) is 99.7 Å². The Morgan fingerprint density at radius 2 is 1.86 bits per heavy atom. The van der Waals surface area contributed by atoms with Crippen LogP contribution < -0.4 is 20.5 Å². The van der Waals surface area contributed by atoms with E-state index < -0.39 is 4.92 Å². The molecule has 0 saturated heterocycles. The summed E-state index contributed by atoms with van der Waals surface area (Å²) in [5.41, 5.74) is 6.06. The van der Waals surface area contributed by atoms with Crippen molar-refractivity contribution in [1.29, 1.82) is 0 Å². The van der Waals surface area contributed by atoms with Gasteiger partial charge in [-0.2, -0.15) is 0 Å². The van der Waals surface area contributed by atoms with Crippen molar-refractivity contribution in [3.63, 3.8) is 0 Å². The zero-order valence-corrected chi connectivity index (χ0v) is 12.9. The summed E-state index contributed by atoms with van der Waals surface area (Å²) in [5, 5.41) is 14.4. The van der Waals surface area contributed by atoms with Crippen LogP contribution in [0.5, 0.6) is 11.5 Å². The normalized spacial score (nSPS) is 12.1. The monoisotopic (exact) mass is 297 g/mol. The number of nitrogens with one attached hydrogen (secondary N) is 1. The highest BCUT2D eigenvalue weighted by Crippen LogP contribution is 2.38. The maximum absolute atomic E-state index is 11.2. The zero-order chi connectivity index (χ0) is 16.0. The number of rotatable bonds is 8. The minimum absolute atomic E-state index is 0.0400. The van der Waals surface area contributed by atoms with E-state index in [0.29, 0.717) is 29.6 Å². The number of nitro benzene ring substituents is 1. The fourth-order valence-electron chi connectivity index (χ4n) is 2.14. The van der Waals surface area contributed by atoms with Crippen LogP contribution in [0, 0.1) is 16.0 Å². The van der Waals surface area contributed by atoms with E-state index in [2.05, 4.69) is 19.2 Å². The first kappa shape index (κ1) is 17.0. The summed E-state index contributed by atoms with van der Waals surface area (Å²) >= 11 is 0. The molecule has 0 aliphatic carbocycles. The van der Waals surface area contributed by atoms with Crippen molar-refractivity contribution in [2.75, 3.05) is 26.1 Å². The van der Waals surface area contributed by atoms with E-state index >= 15 is 0 Å². The van der Waals surface area contributed by atoms with E-state index in [-0.39, 0.29) is 11.7 Å². The number of ether oxygens (including phenoxy) is 2. The van der Waals surface area contributed by atoms with Gasteiger partial charge in [-0.05, 0) is 12.3 Å². The standard InChI is InChI=1S/C14H23N3O4/c1-9(2)5-10(8-15)16-11-6-13(20-3)14(21-4)7-12(11)17(18)19/h6-7,9-10,16H,5,8,15H2,1-4H3. The van der Waals surface area contributed by atoms with E-state index in [1.165, 1.54) is 20.3 Å². The molecule has 0 amide bonds. The lowest BCUT2D eigenvalue weighted by Gasteiger charge is -2.20. The summed E-state index contributed by atoms with van der Waals surface area (Å²) < 4.78 is 10.3. The molecule has 1 aromatic rings. The van der Waals surface area contributed by atoms with Gasteiger partial charge in [-0.1, -0.05) is 13.8 Å². The van der Waals surface area contributed by atoms with Crippen molar-refractivity contribution in [3.05, 3.63) is 22.2 Å². The first-order chi connectivity index (χ1) is 9.92. The molecule has 0 heterocycles. The Hall–Kier alpha value is -2.02. The van der Waals surface area contributed by atoms with E-state index in [0.717, 1.165) is 6.42 Å². The molecule has 118 valence electrons. The fourth-order valence-corrected chi connectivity index (χ4v) is 2.14. The van der Waals surface area contributed by atoms with Crippen molar-refractivity contribution in [3.8, 4) is 11.5 Å². The summed E-state index contributed by atoms with van der Waals surface area (Å²) in [6, 6.07) is 2.88. The van der Waals surface area contributed by atoms with E-state index in [1.54, 1.807) is 6.07 Å². The average molecular weight is 297 g/mol. The summed E-state index contributed by atoms with van der Waals surface area (Å²) in [6.07, 6.45) is 0.821. The molecular formula is C14H23N3O4. The molecule has 0 aliphatic heterocycles. The van der Waals surface area contributed by atoms with Crippen LogP contribution in [0.2, 0.25) is 0 Å². The second-order valence-electron chi connectivity index (χ2n) is 5.19. The molecule has 0 bridgehead atoms. The van der Waals surface area contributed by atoms with Gasteiger partial charge in [-0.15, -0.1) is 0 Å². The SMILES string of the molecule is COc1cc(NC(CN)CC(C)C)c([N+](=O)[O-])cc1OC. The number of hydrogen-bond acceptors (Lipinski definition) is 6. The van der Waals surface area contributed by atoms with Gasteiger partial charge in [-0.25, -0.2) is 0 Å². The molecule has 1 rings (SSSR count). The van der Waals surface area contributed by atoms with Gasteiger partial charge in [0.15, 0.2) is 11.5 Å². The molecule has 0 aliphatic rings. The van der Waals surface area contributed by atoms with Crippen LogP contribution in [0.4, 0.5) is 11.4 Å². The predicted octanol–water partition coefficient (Wildman–Crippen LogP) is 2.40. The summed E-state index contributed by atoms with van der Waals surface area (Å²) in [6.45, 7) is 4.55. The molecule has 0 aromatic heterocycles. The van der Waals surface area contributed by atoms with Crippen LogP contribution in [-0.4, -0.2) is 31.7 Å². The molecule has 21 heavy (non-hydrogen) atoms. The second kappa shape index (κ2) is 7.68. The number of anilines is 1. The molecule has 1 atom stereocenters. The first-order valence-electron chi connectivity index (χ1n) is 6.79. The van der Waals surface area contributed by atoms with E-state index in [9.17, 15) is 10.1 Å². The number of nitrogens with two attached hydrogens (primary N) is 1. The molecule has 1 aromatic carbocycles. The lowest BCUT2D eigenvalue weighted by Crippen LogP contribution is -2.30. The third-order valence-corrected chi connectivity index (χ3v) is 3.10. The molecule has 7 heteroatoms. The van der Waals surface area contributed by atoms with Crippen molar-refractivity contribution >= 4 is 11.4 Å². The fraction of sp³-hybridized carbons (Fsp3) is 0.571. The molecule has 0 spiro atoms. The Balaban J connectivity index is 3.16. The van der Waals surface area contributed by atoms with Crippen molar-refractivity contribution in [1.82, 2.24) is 0 Å². The zero-order valence-electron chi connectivity index (χ0n) is 12.9. The summed E-state index contributed by atoms with van der Waals surface area (Å²) in [7, 11) is 2.93. The molecule has 0 saturated carbocycles. The van der Waals surface area contributed by atoms with Crippen molar-refractivity contribution < 1.29 is 14.4 Å². The highest BCUT2D eigenvalue weighted by molar-refractivity contribution is 5.68. The smallest absolute Gasteiger partial charge is 0.296 e. The van der Waals surface area contributed by atoms with Crippen molar-refractivity contribution in [2.24, 2.45) is 11.7 Å². The Morgan fingerprint density at radius 1 is 1.29 bits per heavy atom. The van der Waals surface area contributed by atoms with E-state index in [1.807, 2.05) is 0 Å². The molecule has 7 nitrogen and oxygen atoms in total. The highest BCUT2D eigenvalue weighted by atomic mass is 16.6. The van der Waals surface area contributed by atoms with Gasteiger partial charge in [0.05, 0.1) is 25.2 Å². The van der Waals surface area contributed by atoms with Crippen LogP contribution in [0.25, 0.3) is 0 Å². The highest BCUT2D eigenvalue weighted by Gasteiger charge is 2.21. The molecule has 3 N–H and O–H groups in total. The third kappa shape index (κ3) is 4.49. The number of benzene rings is 1. The van der Waals surface area contributed by atoms with Crippen LogP contribution in [0.3, 0.4) is 0 Å². The molecule has 0 fully saturated rings. The number of nitro groups is 1. The first-order valence-corrected chi connectivity index (χ1v) is 6.79. The van der Waals surface area contributed by atoms with Gasteiger partial charge < -0.3 is 20.5 Å². The number of methoxy groups -OCH3 is 2. The van der Waals surface area contributed by atoms with Gasteiger partial charge in [-0.3, -0.25) is 10.1 Å². The van der Waals surface area contributed by atoms with Gasteiger partial charge in [0.25, 0.3) is 5.69 Å². The quantitative estimate of drug-likeness (QED) is 0.564. The maximum Gasteiger partial charge on any atom is 0.296 e. The predicted molar refractivity (Wildman–Crippen MR) is 82.1 cm³/mol. The second-order valence-corrected chi connectivity index (χ2v) is 5.19. The molecular weight excluding hydrogens is 274 g/mol. The third-order valence-electron chi connectivity index (χ3n) is 3.10. The van der Waals surface area contributed by atoms with Crippen molar-refractivity contribution in [2.45, 2.75) is 26.3 Å². The average Bonchev–Trinajstić information content (AvgIpc) is 2.45. The minimum Gasteiger partial charge on any atom is -0.493 e. The van der Waals surface area contributed by atoms with Gasteiger partial charge >= 0.3 is 0 Å². The van der Waals surface area contributed by atoms with Crippen LogP contribution >= 0.6 is 0 Å².